The second-order valence-electron chi connectivity index (χ2n) is 5.58. The Labute approximate surface area is 112 Å². The first-order valence-corrected chi connectivity index (χ1v) is 7.66. The number of hydrogen-bond donors (Lipinski definition) is 1. The van der Waals surface area contributed by atoms with Crippen LogP contribution in [0, 0.1) is 0 Å². The Morgan fingerprint density at radius 2 is 2.11 bits per heavy atom. The molecule has 0 bridgehead atoms. The predicted molar refractivity (Wildman–Crippen MR) is 79.1 cm³/mol. The van der Waals surface area contributed by atoms with Gasteiger partial charge in [0.25, 0.3) is 0 Å². The topological polar surface area (TPSA) is 12.0 Å². The van der Waals surface area contributed by atoms with Gasteiger partial charge in [-0.15, -0.1) is 0 Å². The normalized spacial score (nSPS) is 20.4. The minimum atomic E-state index is 0.695. The SMILES string of the molecule is CCCNC(CC)CC1CCCc2ccccc21. The third-order valence-corrected chi connectivity index (χ3v) is 4.24. The van der Waals surface area contributed by atoms with Gasteiger partial charge in [-0.25, -0.2) is 0 Å². The number of rotatable bonds is 6. The molecule has 1 aromatic rings. The maximum Gasteiger partial charge on any atom is 0.00702 e. The molecule has 0 amide bonds. The van der Waals surface area contributed by atoms with Crippen LogP contribution in [0.2, 0.25) is 0 Å². The summed E-state index contributed by atoms with van der Waals surface area (Å²) >= 11 is 0. The molecule has 1 aliphatic carbocycles. The van der Waals surface area contributed by atoms with Crippen molar-refractivity contribution in [3.8, 4) is 0 Å². The summed E-state index contributed by atoms with van der Waals surface area (Å²) in [6.45, 7) is 5.71. The maximum atomic E-state index is 3.70. The summed E-state index contributed by atoms with van der Waals surface area (Å²) in [4.78, 5) is 0. The van der Waals surface area contributed by atoms with Crippen LogP contribution in [0.1, 0.15) is 63.0 Å². The predicted octanol–water partition coefficient (Wildman–Crippen LogP) is 4.27. The van der Waals surface area contributed by atoms with Gasteiger partial charge in [-0.05, 0) is 62.1 Å². The number of benzene rings is 1. The minimum absolute atomic E-state index is 0.695. The highest BCUT2D eigenvalue weighted by atomic mass is 14.9. The summed E-state index contributed by atoms with van der Waals surface area (Å²) in [5, 5.41) is 3.70. The van der Waals surface area contributed by atoms with Gasteiger partial charge in [-0.2, -0.15) is 0 Å². The maximum absolute atomic E-state index is 3.70. The Morgan fingerprint density at radius 1 is 1.28 bits per heavy atom. The van der Waals surface area contributed by atoms with Gasteiger partial charge < -0.3 is 5.32 Å². The summed E-state index contributed by atoms with van der Waals surface area (Å²) in [5.74, 6) is 0.782. The first-order chi connectivity index (χ1) is 8.85. The summed E-state index contributed by atoms with van der Waals surface area (Å²) in [6.07, 6.45) is 7.82. The average molecular weight is 245 g/mol. The zero-order valence-electron chi connectivity index (χ0n) is 11.9. The molecule has 0 spiro atoms. The van der Waals surface area contributed by atoms with Crippen LogP contribution < -0.4 is 5.32 Å². The van der Waals surface area contributed by atoms with E-state index in [4.69, 9.17) is 0 Å². The minimum Gasteiger partial charge on any atom is -0.314 e. The van der Waals surface area contributed by atoms with Crippen LogP contribution in [0.25, 0.3) is 0 Å². The number of hydrogen-bond acceptors (Lipinski definition) is 1. The molecular weight excluding hydrogens is 218 g/mol. The molecule has 0 saturated heterocycles. The van der Waals surface area contributed by atoms with Crippen molar-refractivity contribution in [2.75, 3.05) is 6.54 Å². The molecule has 1 aromatic carbocycles. The van der Waals surface area contributed by atoms with E-state index in [0.717, 1.165) is 12.5 Å². The van der Waals surface area contributed by atoms with Gasteiger partial charge in [-0.1, -0.05) is 38.1 Å². The van der Waals surface area contributed by atoms with Crippen molar-refractivity contribution in [2.45, 2.75) is 64.3 Å². The monoisotopic (exact) mass is 245 g/mol. The molecule has 1 N–H and O–H groups in total. The standard InChI is InChI=1S/C17H27N/c1-3-12-18-16(4-2)13-15-10-7-9-14-8-5-6-11-17(14)15/h5-6,8,11,15-16,18H,3-4,7,9-10,12-13H2,1-2H3. The van der Waals surface area contributed by atoms with E-state index < -0.39 is 0 Å². The van der Waals surface area contributed by atoms with Crippen molar-refractivity contribution in [3.63, 3.8) is 0 Å². The molecule has 0 saturated carbocycles. The molecule has 1 nitrogen and oxygen atoms in total. The van der Waals surface area contributed by atoms with E-state index in [0.29, 0.717) is 6.04 Å². The number of nitrogens with one attached hydrogen (secondary N) is 1. The average Bonchev–Trinajstić information content (AvgIpc) is 2.43. The van der Waals surface area contributed by atoms with Crippen LogP contribution in [0.4, 0.5) is 0 Å². The van der Waals surface area contributed by atoms with Gasteiger partial charge in [0.2, 0.25) is 0 Å². The lowest BCUT2D eigenvalue weighted by molar-refractivity contribution is 0.402. The highest BCUT2D eigenvalue weighted by molar-refractivity contribution is 5.32. The molecule has 0 radical (unpaired) electrons. The van der Waals surface area contributed by atoms with E-state index in [1.807, 2.05) is 0 Å². The summed E-state index contributed by atoms with van der Waals surface area (Å²) in [7, 11) is 0. The van der Waals surface area contributed by atoms with Crippen molar-refractivity contribution in [1.29, 1.82) is 0 Å². The molecule has 18 heavy (non-hydrogen) atoms. The second kappa shape index (κ2) is 6.94. The molecule has 2 atom stereocenters. The summed E-state index contributed by atoms with van der Waals surface area (Å²) in [5.41, 5.74) is 3.22. The van der Waals surface area contributed by atoms with Crippen LogP contribution in [0.3, 0.4) is 0 Å². The van der Waals surface area contributed by atoms with Crippen LogP contribution in [0.5, 0.6) is 0 Å². The third-order valence-electron chi connectivity index (χ3n) is 4.24. The molecule has 1 aliphatic rings. The van der Waals surface area contributed by atoms with E-state index in [1.54, 1.807) is 11.1 Å². The lowest BCUT2D eigenvalue weighted by Gasteiger charge is -2.29. The largest absolute Gasteiger partial charge is 0.314 e. The van der Waals surface area contributed by atoms with Crippen molar-refractivity contribution in [1.82, 2.24) is 5.32 Å². The van der Waals surface area contributed by atoms with Crippen molar-refractivity contribution in [2.24, 2.45) is 0 Å². The first-order valence-electron chi connectivity index (χ1n) is 7.66. The number of aryl methyl sites for hydroxylation is 1. The second-order valence-corrected chi connectivity index (χ2v) is 5.58. The Hall–Kier alpha value is -0.820. The van der Waals surface area contributed by atoms with Gasteiger partial charge in [0.1, 0.15) is 0 Å². The smallest absolute Gasteiger partial charge is 0.00702 e. The molecule has 100 valence electrons. The van der Waals surface area contributed by atoms with Gasteiger partial charge in [0.05, 0.1) is 0 Å². The molecule has 2 rings (SSSR count). The lowest BCUT2D eigenvalue weighted by Crippen LogP contribution is -2.31. The first kappa shape index (κ1) is 13.6. The Bertz CT molecular complexity index is 358. The van der Waals surface area contributed by atoms with Crippen LogP contribution in [-0.2, 0) is 6.42 Å². The van der Waals surface area contributed by atoms with E-state index in [1.165, 1.54) is 38.5 Å². The third kappa shape index (κ3) is 3.35. The van der Waals surface area contributed by atoms with E-state index in [2.05, 4.69) is 43.4 Å². The lowest BCUT2D eigenvalue weighted by atomic mass is 9.79. The molecule has 0 aliphatic heterocycles. The van der Waals surface area contributed by atoms with Crippen LogP contribution in [-0.4, -0.2) is 12.6 Å². The Kier molecular flexibility index (Phi) is 5.25. The van der Waals surface area contributed by atoms with E-state index >= 15 is 0 Å². The fourth-order valence-electron chi connectivity index (χ4n) is 3.19. The summed E-state index contributed by atoms with van der Waals surface area (Å²) in [6, 6.07) is 9.76. The van der Waals surface area contributed by atoms with Crippen LogP contribution in [0.15, 0.2) is 24.3 Å². The highest BCUT2D eigenvalue weighted by Crippen LogP contribution is 2.34. The van der Waals surface area contributed by atoms with Gasteiger partial charge >= 0.3 is 0 Å². The van der Waals surface area contributed by atoms with Gasteiger partial charge in [-0.3, -0.25) is 0 Å². The van der Waals surface area contributed by atoms with E-state index in [9.17, 15) is 0 Å². The number of fused-ring (bicyclic) bond motifs is 1. The molecular formula is C17H27N. The highest BCUT2D eigenvalue weighted by Gasteiger charge is 2.22. The molecule has 0 heterocycles. The Balaban J connectivity index is 2.01. The quantitative estimate of drug-likeness (QED) is 0.789. The molecule has 0 aromatic heterocycles. The zero-order chi connectivity index (χ0) is 12.8. The van der Waals surface area contributed by atoms with Crippen LogP contribution >= 0.6 is 0 Å². The van der Waals surface area contributed by atoms with Gasteiger partial charge in [0.15, 0.2) is 0 Å². The van der Waals surface area contributed by atoms with E-state index in [-0.39, 0.29) is 0 Å². The van der Waals surface area contributed by atoms with Crippen molar-refractivity contribution in [3.05, 3.63) is 35.4 Å². The fourth-order valence-corrected chi connectivity index (χ4v) is 3.19. The van der Waals surface area contributed by atoms with Gasteiger partial charge in [0, 0.05) is 6.04 Å². The molecule has 0 fully saturated rings. The fraction of sp³-hybridized carbons (Fsp3) is 0.647. The summed E-state index contributed by atoms with van der Waals surface area (Å²) < 4.78 is 0. The molecule has 1 heteroatoms. The molecule has 2 unspecified atom stereocenters. The Morgan fingerprint density at radius 3 is 2.89 bits per heavy atom. The van der Waals surface area contributed by atoms with Crippen molar-refractivity contribution >= 4 is 0 Å². The zero-order valence-corrected chi connectivity index (χ0v) is 11.9. The van der Waals surface area contributed by atoms with Crippen molar-refractivity contribution < 1.29 is 0 Å².